The first-order valence-electron chi connectivity index (χ1n) is 11.6. The SMILES string of the molecule is CC(CN(C)C)NC(=O)c1cc(NC(=O)c2cc(-c3ncccc3F)ccc2Cl)n(-c2ccccc2)n1. The van der Waals surface area contributed by atoms with Gasteiger partial charge < -0.3 is 15.5 Å². The molecule has 1 atom stereocenters. The molecule has 10 heteroatoms. The number of likely N-dealkylation sites (N-methyl/N-ethyl adjacent to an activating group) is 1. The van der Waals surface area contributed by atoms with Crippen molar-refractivity contribution < 1.29 is 14.0 Å². The third-order valence-corrected chi connectivity index (χ3v) is 5.77. The molecule has 0 saturated heterocycles. The lowest BCUT2D eigenvalue weighted by Crippen LogP contribution is -2.39. The molecule has 2 aromatic heterocycles. The van der Waals surface area contributed by atoms with Gasteiger partial charge in [-0.15, -0.1) is 0 Å². The Morgan fingerprint density at radius 2 is 1.81 bits per heavy atom. The molecule has 190 valence electrons. The average molecular weight is 521 g/mol. The number of nitrogens with one attached hydrogen (secondary N) is 2. The number of carbonyl (C=O) groups excluding carboxylic acids is 2. The van der Waals surface area contributed by atoms with Crippen molar-refractivity contribution in [2.75, 3.05) is 26.0 Å². The fourth-order valence-electron chi connectivity index (χ4n) is 3.87. The maximum atomic E-state index is 14.3. The third-order valence-electron chi connectivity index (χ3n) is 5.44. The van der Waals surface area contributed by atoms with Crippen molar-refractivity contribution in [3.05, 3.63) is 95.0 Å². The maximum Gasteiger partial charge on any atom is 0.272 e. The fourth-order valence-corrected chi connectivity index (χ4v) is 4.07. The zero-order chi connectivity index (χ0) is 26.5. The van der Waals surface area contributed by atoms with Gasteiger partial charge in [0.2, 0.25) is 0 Å². The molecule has 0 bridgehead atoms. The highest BCUT2D eigenvalue weighted by Gasteiger charge is 2.21. The largest absolute Gasteiger partial charge is 0.347 e. The van der Waals surface area contributed by atoms with Crippen molar-refractivity contribution in [1.82, 2.24) is 25.0 Å². The van der Waals surface area contributed by atoms with E-state index in [0.717, 1.165) is 0 Å². The van der Waals surface area contributed by atoms with E-state index < -0.39 is 11.7 Å². The van der Waals surface area contributed by atoms with Crippen LogP contribution >= 0.6 is 11.6 Å². The van der Waals surface area contributed by atoms with E-state index >= 15 is 0 Å². The first-order valence-corrected chi connectivity index (χ1v) is 11.9. The van der Waals surface area contributed by atoms with E-state index in [1.165, 1.54) is 41.2 Å². The number of aromatic nitrogens is 3. The smallest absolute Gasteiger partial charge is 0.272 e. The summed E-state index contributed by atoms with van der Waals surface area (Å²) in [6.07, 6.45) is 1.47. The molecule has 0 spiro atoms. The molecule has 0 aliphatic rings. The van der Waals surface area contributed by atoms with Gasteiger partial charge in [-0.05, 0) is 57.4 Å². The second-order valence-electron chi connectivity index (χ2n) is 8.78. The fraction of sp³-hybridized carbons (Fsp3) is 0.185. The van der Waals surface area contributed by atoms with Crippen LogP contribution < -0.4 is 10.6 Å². The number of benzene rings is 2. The summed E-state index contributed by atoms with van der Waals surface area (Å²) >= 11 is 6.33. The molecule has 0 fully saturated rings. The number of hydrogen-bond donors (Lipinski definition) is 2. The molecule has 2 amide bonds. The Morgan fingerprint density at radius 1 is 1.05 bits per heavy atom. The van der Waals surface area contributed by atoms with E-state index in [4.69, 9.17) is 11.6 Å². The average Bonchev–Trinajstić information content (AvgIpc) is 3.28. The lowest BCUT2D eigenvalue weighted by atomic mass is 10.1. The van der Waals surface area contributed by atoms with Crippen LogP contribution in [0.4, 0.5) is 10.2 Å². The summed E-state index contributed by atoms with van der Waals surface area (Å²) in [6.45, 7) is 2.55. The Hall–Kier alpha value is -4.08. The monoisotopic (exact) mass is 520 g/mol. The number of amides is 2. The molecular weight excluding hydrogens is 495 g/mol. The van der Waals surface area contributed by atoms with Gasteiger partial charge in [0.25, 0.3) is 11.8 Å². The first-order chi connectivity index (χ1) is 17.7. The summed E-state index contributed by atoms with van der Waals surface area (Å²) in [5.74, 6) is -1.16. The molecule has 8 nitrogen and oxygen atoms in total. The van der Waals surface area contributed by atoms with Gasteiger partial charge in [0.15, 0.2) is 5.69 Å². The molecule has 2 aromatic carbocycles. The van der Waals surface area contributed by atoms with E-state index in [0.29, 0.717) is 17.8 Å². The highest BCUT2D eigenvalue weighted by molar-refractivity contribution is 6.34. The minimum Gasteiger partial charge on any atom is -0.347 e. The van der Waals surface area contributed by atoms with Crippen LogP contribution in [0.1, 0.15) is 27.8 Å². The standard InChI is InChI=1S/C27H26ClFN6O2/c1-17(16-34(2)3)31-27(37)23-15-24(35(33-23)19-8-5-4-6-9-19)32-26(36)20-14-18(11-12-21(20)28)25-22(29)10-7-13-30-25/h4-15,17H,16H2,1-3H3,(H,31,37)(H,32,36). The Morgan fingerprint density at radius 3 is 2.51 bits per heavy atom. The number of para-hydroxylation sites is 1. The van der Waals surface area contributed by atoms with Gasteiger partial charge in [0, 0.05) is 30.4 Å². The van der Waals surface area contributed by atoms with Gasteiger partial charge in [0.1, 0.15) is 17.3 Å². The van der Waals surface area contributed by atoms with Crippen LogP contribution in [0.3, 0.4) is 0 Å². The minimum absolute atomic E-state index is 0.105. The van der Waals surface area contributed by atoms with Crippen LogP contribution in [0.25, 0.3) is 16.9 Å². The lowest BCUT2D eigenvalue weighted by molar-refractivity contribution is 0.0928. The molecule has 0 aliphatic carbocycles. The van der Waals surface area contributed by atoms with Crippen LogP contribution in [0.2, 0.25) is 5.02 Å². The molecule has 2 N–H and O–H groups in total. The summed E-state index contributed by atoms with van der Waals surface area (Å²) in [5.41, 5.74) is 1.41. The number of pyridine rings is 1. The Balaban J connectivity index is 1.66. The number of anilines is 1. The van der Waals surface area contributed by atoms with Crippen LogP contribution in [0.15, 0.2) is 72.9 Å². The van der Waals surface area contributed by atoms with Gasteiger partial charge in [0.05, 0.1) is 16.3 Å². The quantitative estimate of drug-likeness (QED) is 0.352. The molecule has 2 heterocycles. The summed E-state index contributed by atoms with van der Waals surface area (Å²) in [6, 6.07) is 17.8. The van der Waals surface area contributed by atoms with Gasteiger partial charge in [-0.2, -0.15) is 5.10 Å². The molecule has 4 aromatic rings. The zero-order valence-electron chi connectivity index (χ0n) is 20.6. The molecule has 0 aliphatic heterocycles. The van der Waals surface area contributed by atoms with E-state index in [1.807, 2.05) is 44.1 Å². The molecule has 0 saturated carbocycles. The summed E-state index contributed by atoms with van der Waals surface area (Å²) in [4.78, 5) is 32.2. The first kappa shape index (κ1) is 26.0. The predicted octanol–water partition coefficient (Wildman–Crippen LogP) is 4.66. The maximum absolute atomic E-state index is 14.3. The van der Waals surface area contributed by atoms with E-state index in [9.17, 15) is 14.0 Å². The zero-order valence-corrected chi connectivity index (χ0v) is 21.3. The summed E-state index contributed by atoms with van der Waals surface area (Å²) < 4.78 is 15.8. The van der Waals surface area contributed by atoms with Gasteiger partial charge in [-0.1, -0.05) is 35.9 Å². The molecule has 0 radical (unpaired) electrons. The number of rotatable bonds is 8. The second kappa shape index (κ2) is 11.3. The van der Waals surface area contributed by atoms with E-state index in [2.05, 4.69) is 20.7 Å². The van der Waals surface area contributed by atoms with Crippen LogP contribution in [0.5, 0.6) is 0 Å². The predicted molar refractivity (Wildman–Crippen MR) is 142 cm³/mol. The summed E-state index contributed by atoms with van der Waals surface area (Å²) in [5, 5.41) is 10.3. The lowest BCUT2D eigenvalue weighted by Gasteiger charge is -2.17. The number of nitrogens with zero attached hydrogens (tertiary/aromatic N) is 4. The van der Waals surface area contributed by atoms with E-state index in [1.54, 1.807) is 18.2 Å². The molecule has 37 heavy (non-hydrogen) atoms. The number of halogens is 2. The van der Waals surface area contributed by atoms with Crippen LogP contribution in [0, 0.1) is 5.82 Å². The second-order valence-corrected chi connectivity index (χ2v) is 9.19. The van der Waals surface area contributed by atoms with Crippen molar-refractivity contribution in [2.45, 2.75) is 13.0 Å². The molecule has 4 rings (SSSR count). The van der Waals surface area contributed by atoms with Crippen molar-refractivity contribution in [3.63, 3.8) is 0 Å². The van der Waals surface area contributed by atoms with Crippen molar-refractivity contribution in [3.8, 4) is 16.9 Å². The summed E-state index contributed by atoms with van der Waals surface area (Å²) in [7, 11) is 3.84. The normalized spacial score (nSPS) is 11.8. The Kier molecular flexibility index (Phi) is 7.95. The van der Waals surface area contributed by atoms with E-state index in [-0.39, 0.29) is 39.7 Å². The molecule has 1 unspecified atom stereocenters. The Bertz CT molecular complexity index is 1420. The molecular formula is C27H26ClFN6O2. The highest BCUT2D eigenvalue weighted by Crippen LogP contribution is 2.27. The highest BCUT2D eigenvalue weighted by atomic mass is 35.5. The van der Waals surface area contributed by atoms with Crippen molar-refractivity contribution in [1.29, 1.82) is 0 Å². The third kappa shape index (κ3) is 6.19. The van der Waals surface area contributed by atoms with Gasteiger partial charge in [-0.25, -0.2) is 9.07 Å². The van der Waals surface area contributed by atoms with Gasteiger partial charge in [-0.3, -0.25) is 14.6 Å². The van der Waals surface area contributed by atoms with Gasteiger partial charge >= 0.3 is 0 Å². The van der Waals surface area contributed by atoms with Crippen LogP contribution in [-0.2, 0) is 0 Å². The topological polar surface area (TPSA) is 92.2 Å². The van der Waals surface area contributed by atoms with Crippen LogP contribution in [-0.4, -0.2) is 58.2 Å². The van der Waals surface area contributed by atoms with Crippen molar-refractivity contribution in [2.24, 2.45) is 0 Å². The Labute approximate surface area is 219 Å². The number of carbonyl (C=O) groups is 2. The van der Waals surface area contributed by atoms with Crippen molar-refractivity contribution >= 4 is 29.2 Å². The number of hydrogen-bond acceptors (Lipinski definition) is 5. The minimum atomic E-state index is -0.548.